The zero-order valence-corrected chi connectivity index (χ0v) is 12.5. The average molecular weight is 313 g/mol. The molecule has 0 amide bonds. The van der Waals surface area contributed by atoms with Crippen LogP contribution in [0, 0.1) is 11.3 Å². The molecule has 0 atom stereocenters. The van der Waals surface area contributed by atoms with Crippen molar-refractivity contribution in [3.8, 4) is 6.07 Å². The minimum atomic E-state index is -0.488. The zero-order chi connectivity index (χ0) is 16.5. The summed E-state index contributed by atoms with van der Waals surface area (Å²) in [6, 6.07) is 18.5. The summed E-state index contributed by atoms with van der Waals surface area (Å²) in [5, 5.41) is 10.3. The van der Waals surface area contributed by atoms with E-state index in [0.29, 0.717) is 17.0 Å². The number of rotatable bonds is 2. The molecule has 0 fully saturated rings. The van der Waals surface area contributed by atoms with Crippen LogP contribution in [0.4, 0.5) is 0 Å². The number of nitrogens with zero attached hydrogens (tertiary/aromatic N) is 2. The minimum Gasteiger partial charge on any atom is -0.422 e. The second-order valence-corrected chi connectivity index (χ2v) is 5.30. The summed E-state index contributed by atoms with van der Waals surface area (Å²) < 4.78 is 5.29. The number of para-hydroxylation sites is 3. The lowest BCUT2D eigenvalue weighted by Gasteiger charge is -1.98. The van der Waals surface area contributed by atoms with Gasteiger partial charge in [0.1, 0.15) is 17.5 Å². The highest BCUT2D eigenvalue weighted by Crippen LogP contribution is 2.20. The van der Waals surface area contributed by atoms with Crippen LogP contribution in [0.2, 0.25) is 0 Å². The number of nitriles is 1. The van der Waals surface area contributed by atoms with Crippen LogP contribution in [0.5, 0.6) is 0 Å². The van der Waals surface area contributed by atoms with Gasteiger partial charge in [-0.25, -0.2) is 9.78 Å². The molecule has 0 saturated heterocycles. The Hall–Kier alpha value is -3.65. The minimum absolute atomic E-state index is 0.272. The average Bonchev–Trinajstić information content (AvgIpc) is 3.03. The predicted molar refractivity (Wildman–Crippen MR) is 92.1 cm³/mol. The van der Waals surface area contributed by atoms with Crippen LogP contribution in [0.1, 0.15) is 11.4 Å². The molecule has 0 spiro atoms. The summed E-state index contributed by atoms with van der Waals surface area (Å²) in [4.78, 5) is 19.6. The Labute approximate surface area is 136 Å². The van der Waals surface area contributed by atoms with Crippen molar-refractivity contribution in [2.24, 2.45) is 0 Å². The Kier molecular flexibility index (Phi) is 3.22. The molecule has 1 N–H and O–H groups in total. The number of allylic oxidation sites excluding steroid dienone is 1. The van der Waals surface area contributed by atoms with Gasteiger partial charge in [0.25, 0.3) is 0 Å². The van der Waals surface area contributed by atoms with Gasteiger partial charge in [0.05, 0.1) is 22.2 Å². The maximum absolute atomic E-state index is 12.1. The molecule has 0 aliphatic carbocycles. The Morgan fingerprint density at radius 2 is 1.96 bits per heavy atom. The highest BCUT2D eigenvalue weighted by Gasteiger charge is 2.10. The molecule has 0 aliphatic heterocycles. The first-order chi connectivity index (χ1) is 11.7. The largest absolute Gasteiger partial charge is 0.422 e. The number of H-pyrrole nitrogens is 1. The van der Waals surface area contributed by atoms with Gasteiger partial charge in [-0.2, -0.15) is 5.26 Å². The van der Waals surface area contributed by atoms with Crippen LogP contribution in [-0.4, -0.2) is 9.97 Å². The van der Waals surface area contributed by atoms with E-state index in [1.165, 1.54) is 6.08 Å². The molecule has 0 saturated carbocycles. The number of nitrogens with one attached hydrogen (secondary N) is 1. The van der Waals surface area contributed by atoms with Crippen LogP contribution in [0.3, 0.4) is 0 Å². The van der Waals surface area contributed by atoms with E-state index >= 15 is 0 Å². The lowest BCUT2D eigenvalue weighted by molar-refractivity contribution is 0.559. The van der Waals surface area contributed by atoms with Gasteiger partial charge in [-0.15, -0.1) is 0 Å². The Morgan fingerprint density at radius 3 is 2.79 bits per heavy atom. The fourth-order valence-corrected chi connectivity index (χ4v) is 2.57. The van der Waals surface area contributed by atoms with Crippen LogP contribution < -0.4 is 5.63 Å². The number of imidazole rings is 1. The van der Waals surface area contributed by atoms with Crippen molar-refractivity contribution in [3.05, 3.63) is 76.4 Å². The molecule has 4 aromatic rings. The molecule has 0 radical (unpaired) electrons. The summed E-state index contributed by atoms with van der Waals surface area (Å²) in [5.41, 5.74) is 2.21. The number of hydrogen-bond donors (Lipinski definition) is 1. The van der Waals surface area contributed by atoms with Crippen molar-refractivity contribution in [3.63, 3.8) is 0 Å². The normalized spacial score (nSPS) is 11.7. The number of aromatic nitrogens is 2. The van der Waals surface area contributed by atoms with Gasteiger partial charge in [-0.05, 0) is 30.3 Å². The summed E-state index contributed by atoms with van der Waals surface area (Å²) in [7, 11) is 0. The van der Waals surface area contributed by atoms with Crippen molar-refractivity contribution in [1.29, 1.82) is 5.26 Å². The first-order valence-electron chi connectivity index (χ1n) is 7.34. The van der Waals surface area contributed by atoms with E-state index < -0.39 is 5.63 Å². The second-order valence-electron chi connectivity index (χ2n) is 5.30. The number of benzene rings is 2. The Bertz CT molecular complexity index is 1160. The third kappa shape index (κ3) is 2.36. The smallest absolute Gasteiger partial charge is 0.343 e. The van der Waals surface area contributed by atoms with Crippen molar-refractivity contribution in [1.82, 2.24) is 9.97 Å². The van der Waals surface area contributed by atoms with Crippen molar-refractivity contribution in [2.45, 2.75) is 0 Å². The van der Waals surface area contributed by atoms with Gasteiger partial charge < -0.3 is 9.40 Å². The summed E-state index contributed by atoms with van der Waals surface area (Å²) in [6.07, 6.45) is 1.50. The van der Waals surface area contributed by atoms with Crippen molar-refractivity contribution in [2.75, 3.05) is 0 Å². The standard InChI is InChI=1S/C19H11N3O2/c20-11-14(18-21-15-6-2-3-7-16(15)22-18)10-13-9-12-5-1-4-8-17(12)24-19(13)23/h1-10H,(H,21,22)/b14-10+. The molecule has 114 valence electrons. The fraction of sp³-hybridized carbons (Fsp3) is 0. The quantitative estimate of drug-likeness (QED) is 0.451. The lowest BCUT2D eigenvalue weighted by Crippen LogP contribution is -2.03. The molecule has 0 aliphatic rings. The molecule has 0 bridgehead atoms. The maximum atomic E-state index is 12.1. The molecule has 0 unspecified atom stereocenters. The van der Waals surface area contributed by atoms with E-state index in [2.05, 4.69) is 16.0 Å². The first kappa shape index (κ1) is 14.0. The molecule has 2 heterocycles. The van der Waals surface area contributed by atoms with Gasteiger partial charge >= 0.3 is 5.63 Å². The predicted octanol–water partition coefficient (Wildman–Crippen LogP) is 3.73. The second kappa shape index (κ2) is 5.52. The maximum Gasteiger partial charge on any atom is 0.343 e. The van der Waals surface area contributed by atoms with Gasteiger partial charge in [-0.3, -0.25) is 0 Å². The third-order valence-corrected chi connectivity index (χ3v) is 3.73. The van der Waals surface area contributed by atoms with E-state index in [0.717, 1.165) is 16.4 Å². The number of aromatic amines is 1. The molecule has 4 rings (SSSR count). The van der Waals surface area contributed by atoms with E-state index in [4.69, 9.17) is 4.42 Å². The molecule has 5 heteroatoms. The zero-order valence-electron chi connectivity index (χ0n) is 12.5. The van der Waals surface area contributed by atoms with Crippen LogP contribution >= 0.6 is 0 Å². The lowest BCUT2D eigenvalue weighted by atomic mass is 10.1. The van der Waals surface area contributed by atoms with E-state index in [-0.39, 0.29) is 5.57 Å². The number of fused-ring (bicyclic) bond motifs is 2. The summed E-state index contributed by atoms with van der Waals surface area (Å²) in [5.74, 6) is 0.422. The third-order valence-electron chi connectivity index (χ3n) is 3.73. The van der Waals surface area contributed by atoms with Crippen LogP contribution in [0.25, 0.3) is 33.7 Å². The van der Waals surface area contributed by atoms with E-state index in [1.807, 2.05) is 36.4 Å². The van der Waals surface area contributed by atoms with Crippen LogP contribution in [0.15, 0.2) is 63.8 Å². The Morgan fingerprint density at radius 1 is 1.17 bits per heavy atom. The molecule has 24 heavy (non-hydrogen) atoms. The molecule has 2 aromatic carbocycles. The van der Waals surface area contributed by atoms with Gasteiger partial charge in [0.15, 0.2) is 0 Å². The topological polar surface area (TPSA) is 82.7 Å². The molecular formula is C19H11N3O2. The van der Waals surface area contributed by atoms with Gasteiger partial charge in [-0.1, -0.05) is 30.3 Å². The monoisotopic (exact) mass is 313 g/mol. The first-order valence-corrected chi connectivity index (χ1v) is 7.34. The van der Waals surface area contributed by atoms with Gasteiger partial charge in [0.2, 0.25) is 0 Å². The Balaban J connectivity index is 1.87. The van der Waals surface area contributed by atoms with Crippen LogP contribution in [-0.2, 0) is 0 Å². The fourth-order valence-electron chi connectivity index (χ4n) is 2.57. The highest BCUT2D eigenvalue weighted by molar-refractivity contribution is 5.91. The molecule has 2 aromatic heterocycles. The summed E-state index contributed by atoms with van der Waals surface area (Å²) in [6.45, 7) is 0. The highest BCUT2D eigenvalue weighted by atomic mass is 16.4. The SMILES string of the molecule is N#C/C(=C\c1cc2ccccc2oc1=O)c1nc2ccccc2[nH]1. The van der Waals surface area contributed by atoms with Gasteiger partial charge in [0, 0.05) is 5.39 Å². The molecular weight excluding hydrogens is 302 g/mol. The molecule has 5 nitrogen and oxygen atoms in total. The van der Waals surface area contributed by atoms with E-state index in [9.17, 15) is 10.1 Å². The van der Waals surface area contributed by atoms with Crippen molar-refractivity contribution < 1.29 is 4.42 Å². The number of hydrogen-bond acceptors (Lipinski definition) is 4. The summed E-state index contributed by atoms with van der Waals surface area (Å²) >= 11 is 0. The van der Waals surface area contributed by atoms with E-state index in [1.54, 1.807) is 18.2 Å². The van der Waals surface area contributed by atoms with Crippen molar-refractivity contribution >= 4 is 33.7 Å².